The van der Waals surface area contributed by atoms with E-state index in [4.69, 9.17) is 5.73 Å². The van der Waals surface area contributed by atoms with Crippen molar-refractivity contribution in [2.45, 2.75) is 48.9 Å². The zero-order chi connectivity index (χ0) is 13.9. The third-order valence-corrected chi connectivity index (χ3v) is 5.31. The molecule has 0 saturated heterocycles. The molecule has 4 heteroatoms. The molecule has 3 rings (SSSR count). The second-order valence-corrected chi connectivity index (χ2v) is 6.65. The predicted molar refractivity (Wildman–Crippen MR) is 84.0 cm³/mol. The van der Waals surface area contributed by atoms with Gasteiger partial charge in [0.15, 0.2) is 0 Å². The van der Waals surface area contributed by atoms with Crippen LogP contribution < -0.4 is 5.73 Å². The molecule has 2 heterocycles. The van der Waals surface area contributed by atoms with E-state index in [1.54, 1.807) is 0 Å². The molecular formula is C16H21N3S. The highest BCUT2D eigenvalue weighted by Gasteiger charge is 2.27. The summed E-state index contributed by atoms with van der Waals surface area (Å²) in [6, 6.07) is 8.79. The van der Waals surface area contributed by atoms with Crippen molar-refractivity contribution < 1.29 is 0 Å². The Kier molecular flexibility index (Phi) is 4.13. The van der Waals surface area contributed by atoms with Crippen molar-refractivity contribution in [3.8, 4) is 0 Å². The van der Waals surface area contributed by atoms with E-state index in [0.29, 0.717) is 5.25 Å². The number of fused-ring (bicyclic) bond motifs is 1. The first kappa shape index (κ1) is 13.7. The Morgan fingerprint density at radius 1 is 1.45 bits per heavy atom. The number of aryl methyl sites for hydroxylation is 1. The smallest absolute Gasteiger partial charge is 0.110 e. The maximum Gasteiger partial charge on any atom is 0.110 e. The maximum atomic E-state index is 6.44. The first-order valence-corrected chi connectivity index (χ1v) is 8.16. The van der Waals surface area contributed by atoms with E-state index in [1.807, 2.05) is 18.0 Å². The molecule has 1 aliphatic rings. The molecule has 0 aliphatic carbocycles. The number of nitrogens with zero attached hydrogens (tertiary/aromatic N) is 2. The quantitative estimate of drug-likeness (QED) is 0.919. The highest BCUT2D eigenvalue weighted by atomic mass is 32.2. The molecule has 2 atom stereocenters. The van der Waals surface area contributed by atoms with Gasteiger partial charge in [-0.15, -0.1) is 11.8 Å². The fourth-order valence-corrected chi connectivity index (χ4v) is 4.08. The largest absolute Gasteiger partial charge is 0.335 e. The average molecular weight is 287 g/mol. The molecule has 0 amide bonds. The molecule has 0 spiro atoms. The normalized spacial score (nSPS) is 19.0. The summed E-state index contributed by atoms with van der Waals surface area (Å²) < 4.78 is 2.23. The molecule has 0 saturated carbocycles. The lowest BCUT2D eigenvalue weighted by molar-refractivity contribution is 0.569. The molecular weight excluding hydrogens is 266 g/mol. The Hall–Kier alpha value is -1.26. The molecule has 0 bridgehead atoms. The summed E-state index contributed by atoms with van der Waals surface area (Å²) in [6.07, 6.45) is 7.01. The number of aromatic nitrogens is 2. The monoisotopic (exact) mass is 287 g/mol. The zero-order valence-corrected chi connectivity index (χ0v) is 12.6. The van der Waals surface area contributed by atoms with Crippen LogP contribution in [0, 0.1) is 0 Å². The van der Waals surface area contributed by atoms with Crippen LogP contribution in [0.2, 0.25) is 0 Å². The highest BCUT2D eigenvalue weighted by molar-refractivity contribution is 8.00. The molecule has 1 aromatic heterocycles. The Bertz CT molecular complexity index is 554. The Morgan fingerprint density at radius 3 is 3.10 bits per heavy atom. The summed E-state index contributed by atoms with van der Waals surface area (Å²) in [6.45, 7) is 3.22. The van der Waals surface area contributed by atoms with Crippen molar-refractivity contribution in [1.29, 1.82) is 0 Å². The van der Waals surface area contributed by atoms with Gasteiger partial charge in [-0.05, 0) is 24.5 Å². The molecule has 20 heavy (non-hydrogen) atoms. The topological polar surface area (TPSA) is 43.8 Å². The van der Waals surface area contributed by atoms with Gasteiger partial charge in [0, 0.05) is 41.5 Å². The minimum atomic E-state index is 0.158. The second kappa shape index (κ2) is 6.02. The van der Waals surface area contributed by atoms with Crippen LogP contribution >= 0.6 is 11.8 Å². The van der Waals surface area contributed by atoms with Gasteiger partial charge >= 0.3 is 0 Å². The van der Waals surface area contributed by atoms with Crippen molar-refractivity contribution >= 4 is 11.8 Å². The number of benzene rings is 1. The summed E-state index contributed by atoms with van der Waals surface area (Å²) in [5.41, 5.74) is 7.88. The van der Waals surface area contributed by atoms with E-state index in [1.165, 1.54) is 10.5 Å². The number of nitrogens with two attached hydrogens (primary N) is 1. The lowest BCUT2D eigenvalue weighted by Crippen LogP contribution is -2.35. The van der Waals surface area contributed by atoms with Gasteiger partial charge in [0.1, 0.15) is 5.82 Å². The zero-order valence-electron chi connectivity index (χ0n) is 11.8. The minimum absolute atomic E-state index is 0.158. The summed E-state index contributed by atoms with van der Waals surface area (Å²) in [4.78, 5) is 5.86. The van der Waals surface area contributed by atoms with Crippen molar-refractivity contribution in [1.82, 2.24) is 9.55 Å². The van der Waals surface area contributed by atoms with Crippen LogP contribution in [0.15, 0.2) is 41.6 Å². The number of hydrogen-bond acceptors (Lipinski definition) is 3. The van der Waals surface area contributed by atoms with E-state index in [-0.39, 0.29) is 6.04 Å². The van der Waals surface area contributed by atoms with Crippen LogP contribution in [0.4, 0.5) is 0 Å². The number of imidazole rings is 1. The molecule has 2 aromatic rings. The van der Waals surface area contributed by atoms with E-state index in [0.717, 1.165) is 31.6 Å². The Labute approximate surface area is 124 Å². The van der Waals surface area contributed by atoms with Crippen molar-refractivity contribution in [3.05, 3.63) is 48.0 Å². The number of hydrogen-bond donors (Lipinski definition) is 1. The standard InChI is InChI=1S/C16H21N3S/c1-2-8-19-9-7-18-16(19)11-13(17)15-10-12-5-3-4-6-14(12)20-15/h3-7,9,13,15H,2,8,10-11,17H2,1H3. The predicted octanol–water partition coefficient (Wildman–Crippen LogP) is 2.88. The van der Waals surface area contributed by atoms with Gasteiger partial charge in [0.2, 0.25) is 0 Å². The van der Waals surface area contributed by atoms with Crippen molar-refractivity contribution in [3.63, 3.8) is 0 Å². The second-order valence-electron chi connectivity index (χ2n) is 5.37. The maximum absolute atomic E-state index is 6.44. The average Bonchev–Trinajstić information content (AvgIpc) is 3.06. The van der Waals surface area contributed by atoms with Gasteiger partial charge in [0.25, 0.3) is 0 Å². The van der Waals surface area contributed by atoms with E-state index in [9.17, 15) is 0 Å². The van der Waals surface area contributed by atoms with Crippen LogP contribution in [0.3, 0.4) is 0 Å². The fraction of sp³-hybridized carbons (Fsp3) is 0.438. The molecule has 3 nitrogen and oxygen atoms in total. The first-order valence-electron chi connectivity index (χ1n) is 7.28. The van der Waals surface area contributed by atoms with Crippen LogP contribution in [-0.4, -0.2) is 20.8 Å². The number of thioether (sulfide) groups is 1. The van der Waals surface area contributed by atoms with E-state index >= 15 is 0 Å². The van der Waals surface area contributed by atoms with Gasteiger partial charge in [-0.1, -0.05) is 25.1 Å². The summed E-state index contributed by atoms with van der Waals surface area (Å²) >= 11 is 1.92. The SMILES string of the molecule is CCCn1ccnc1CC(N)C1Cc2ccccc2S1. The van der Waals surface area contributed by atoms with Crippen LogP contribution in [0.5, 0.6) is 0 Å². The molecule has 106 valence electrons. The Morgan fingerprint density at radius 2 is 2.30 bits per heavy atom. The Balaban J connectivity index is 1.66. The molecule has 1 aromatic carbocycles. The van der Waals surface area contributed by atoms with Crippen LogP contribution in [0.1, 0.15) is 24.7 Å². The third kappa shape index (κ3) is 2.76. The van der Waals surface area contributed by atoms with Crippen molar-refractivity contribution in [2.75, 3.05) is 0 Å². The first-order chi connectivity index (χ1) is 9.78. The van der Waals surface area contributed by atoms with Gasteiger partial charge in [-0.3, -0.25) is 0 Å². The summed E-state index contributed by atoms with van der Waals surface area (Å²) in [5, 5.41) is 0.471. The van der Waals surface area contributed by atoms with Gasteiger partial charge in [0.05, 0.1) is 0 Å². The minimum Gasteiger partial charge on any atom is -0.335 e. The molecule has 2 N–H and O–H groups in total. The molecule has 0 fully saturated rings. The lowest BCUT2D eigenvalue weighted by Gasteiger charge is -2.18. The summed E-state index contributed by atoms with van der Waals surface area (Å²) in [7, 11) is 0. The van der Waals surface area contributed by atoms with Crippen molar-refractivity contribution in [2.24, 2.45) is 5.73 Å². The summed E-state index contributed by atoms with van der Waals surface area (Å²) in [5.74, 6) is 1.12. The third-order valence-electron chi connectivity index (χ3n) is 3.83. The number of rotatable bonds is 5. The highest BCUT2D eigenvalue weighted by Crippen LogP contribution is 2.38. The van der Waals surface area contributed by atoms with E-state index in [2.05, 4.69) is 46.9 Å². The van der Waals surface area contributed by atoms with E-state index < -0.39 is 0 Å². The van der Waals surface area contributed by atoms with Crippen LogP contribution in [-0.2, 0) is 19.4 Å². The molecule has 2 unspecified atom stereocenters. The molecule has 1 aliphatic heterocycles. The van der Waals surface area contributed by atoms with Gasteiger partial charge in [-0.25, -0.2) is 4.98 Å². The van der Waals surface area contributed by atoms with Crippen LogP contribution in [0.25, 0.3) is 0 Å². The fourth-order valence-electron chi connectivity index (χ4n) is 2.76. The van der Waals surface area contributed by atoms with Gasteiger partial charge < -0.3 is 10.3 Å². The van der Waals surface area contributed by atoms with Gasteiger partial charge in [-0.2, -0.15) is 0 Å². The lowest BCUT2D eigenvalue weighted by atomic mass is 10.0. The molecule has 0 radical (unpaired) electrons.